The predicted octanol–water partition coefficient (Wildman–Crippen LogP) is -0.727. The fraction of sp³-hybridized carbons (Fsp3) is 0.267. The average Bonchev–Trinajstić information content (AvgIpc) is 3.07. The molecule has 3 aromatic rings. The first-order valence-corrected chi connectivity index (χ1v) is 6.66. The molecule has 0 bridgehead atoms. The third-order valence-electron chi connectivity index (χ3n) is 3.52. The van der Waals surface area contributed by atoms with Gasteiger partial charge < -0.3 is 31.1 Å². The molecule has 0 amide bonds. The Bertz CT molecular complexity index is 774. The van der Waals surface area contributed by atoms with E-state index in [-0.39, 0.29) is 12.4 Å². The number of aryl methyl sites for hydroxylation is 1. The predicted molar refractivity (Wildman–Crippen MR) is 75.1 cm³/mol. The van der Waals surface area contributed by atoms with Gasteiger partial charge in [0.1, 0.15) is 11.9 Å². The zero-order valence-electron chi connectivity index (χ0n) is 11.7. The van der Waals surface area contributed by atoms with Crippen molar-refractivity contribution in [3.63, 3.8) is 0 Å². The molecular weight excluding hydrogens is 290 g/mol. The third kappa shape index (κ3) is 2.62. The van der Waals surface area contributed by atoms with Gasteiger partial charge in [-0.15, -0.1) is 0 Å². The van der Waals surface area contributed by atoms with Gasteiger partial charge in [-0.2, -0.15) is 0 Å². The molecular formula is C15H17ClN3O2-. The van der Waals surface area contributed by atoms with Crippen molar-refractivity contribution in [2.75, 3.05) is 0 Å². The average molecular weight is 307 g/mol. The maximum atomic E-state index is 10.2. The topological polar surface area (TPSA) is 67.1 Å². The molecule has 0 aliphatic heterocycles. The molecule has 2 heterocycles. The van der Waals surface area contributed by atoms with Gasteiger partial charge >= 0.3 is 0 Å². The second kappa shape index (κ2) is 6.20. The molecule has 3 rings (SSSR count). The van der Waals surface area contributed by atoms with E-state index in [0.29, 0.717) is 17.9 Å². The van der Waals surface area contributed by atoms with Crippen LogP contribution in [0.3, 0.4) is 0 Å². The number of aromatic nitrogens is 2. The summed E-state index contributed by atoms with van der Waals surface area (Å²) in [4.78, 5) is 0. The summed E-state index contributed by atoms with van der Waals surface area (Å²) in [5.41, 5.74) is 2.34. The lowest BCUT2D eigenvalue weighted by molar-refractivity contribution is -0.00000624. The summed E-state index contributed by atoms with van der Waals surface area (Å²) in [6.45, 7) is 3.04. The summed E-state index contributed by atoms with van der Waals surface area (Å²) in [6, 6.07) is 11.4. The van der Waals surface area contributed by atoms with Crippen molar-refractivity contribution in [1.29, 1.82) is 5.41 Å². The van der Waals surface area contributed by atoms with Gasteiger partial charge in [-0.3, -0.25) is 5.41 Å². The van der Waals surface area contributed by atoms with Crippen LogP contribution in [0.4, 0.5) is 0 Å². The minimum atomic E-state index is -0.754. The van der Waals surface area contributed by atoms with Crippen molar-refractivity contribution < 1.29 is 21.9 Å². The molecule has 1 atom stereocenters. The number of nitrogens with zero attached hydrogens (tertiary/aromatic N) is 2. The molecule has 0 fully saturated rings. The number of aliphatic hydroxyl groups excluding tert-OH is 1. The molecule has 0 radical (unpaired) electrons. The minimum Gasteiger partial charge on any atom is -1.00 e. The van der Waals surface area contributed by atoms with Crippen LogP contribution in [0.2, 0.25) is 0 Å². The van der Waals surface area contributed by atoms with Crippen LogP contribution >= 0.6 is 0 Å². The van der Waals surface area contributed by atoms with E-state index in [9.17, 15) is 5.11 Å². The van der Waals surface area contributed by atoms with Gasteiger partial charge in [-0.1, -0.05) is 12.1 Å². The van der Waals surface area contributed by atoms with E-state index in [1.807, 2.05) is 40.3 Å². The van der Waals surface area contributed by atoms with E-state index >= 15 is 0 Å². The second-order valence-electron chi connectivity index (χ2n) is 4.70. The molecule has 5 nitrogen and oxygen atoms in total. The number of nitrogens with one attached hydrogen (secondary N) is 1. The van der Waals surface area contributed by atoms with E-state index in [1.165, 1.54) is 0 Å². The second-order valence-corrected chi connectivity index (χ2v) is 4.70. The molecule has 0 spiro atoms. The largest absolute Gasteiger partial charge is 1.00 e. The molecule has 1 aromatic carbocycles. The summed E-state index contributed by atoms with van der Waals surface area (Å²) in [6.07, 6.45) is 0.787. The van der Waals surface area contributed by atoms with E-state index in [4.69, 9.17) is 9.83 Å². The van der Waals surface area contributed by atoms with Crippen molar-refractivity contribution in [3.8, 4) is 0 Å². The zero-order chi connectivity index (χ0) is 14.1. The molecule has 112 valence electrons. The van der Waals surface area contributed by atoms with E-state index in [1.54, 1.807) is 18.4 Å². The van der Waals surface area contributed by atoms with Gasteiger partial charge in [0.05, 0.1) is 23.8 Å². The van der Waals surface area contributed by atoms with Crippen LogP contribution in [0.15, 0.2) is 47.1 Å². The number of rotatable bonds is 4. The van der Waals surface area contributed by atoms with E-state index in [0.717, 1.165) is 17.6 Å². The van der Waals surface area contributed by atoms with E-state index in [2.05, 4.69) is 0 Å². The van der Waals surface area contributed by atoms with Crippen LogP contribution < -0.4 is 18.0 Å². The standard InChI is InChI=1S/C15H17N3O2.ClH/c1-2-17-11-6-3-4-7-12(11)18(15(17)16)10-13(19)14-8-5-9-20-14;/h3-9,13,16,19H,2,10H2,1H3;1H/p-1. The van der Waals surface area contributed by atoms with Crippen LogP contribution in [0.25, 0.3) is 11.0 Å². The van der Waals surface area contributed by atoms with Crippen LogP contribution in [-0.2, 0) is 13.1 Å². The minimum absolute atomic E-state index is 0. The van der Waals surface area contributed by atoms with Crippen molar-refractivity contribution in [2.24, 2.45) is 0 Å². The highest BCUT2D eigenvalue weighted by Gasteiger charge is 2.15. The molecule has 0 aliphatic rings. The normalized spacial score (nSPS) is 12.3. The van der Waals surface area contributed by atoms with Crippen molar-refractivity contribution in [1.82, 2.24) is 9.13 Å². The summed E-state index contributed by atoms with van der Waals surface area (Å²) in [5, 5.41) is 18.5. The highest BCUT2D eigenvalue weighted by Crippen LogP contribution is 2.18. The maximum Gasteiger partial charge on any atom is 0.203 e. The lowest BCUT2D eigenvalue weighted by atomic mass is 10.2. The SMILES string of the molecule is CCn1c(=N)n(CC(O)c2ccco2)c2ccccc21.[Cl-]. The summed E-state index contributed by atoms with van der Waals surface area (Å²) < 4.78 is 8.95. The quantitative estimate of drug-likeness (QED) is 0.667. The number of aliphatic hydroxyl groups is 1. The van der Waals surface area contributed by atoms with Crippen LogP contribution in [-0.4, -0.2) is 14.2 Å². The van der Waals surface area contributed by atoms with E-state index < -0.39 is 6.10 Å². The number of hydrogen-bond donors (Lipinski definition) is 2. The number of furan rings is 1. The Balaban J connectivity index is 0.00000161. The van der Waals surface area contributed by atoms with Gasteiger partial charge in [0.2, 0.25) is 5.62 Å². The third-order valence-corrected chi connectivity index (χ3v) is 3.52. The van der Waals surface area contributed by atoms with Crippen LogP contribution in [0.5, 0.6) is 0 Å². The first-order chi connectivity index (χ1) is 9.72. The summed E-state index contributed by atoms with van der Waals surface area (Å²) in [7, 11) is 0. The Hall–Kier alpha value is -1.98. The monoisotopic (exact) mass is 306 g/mol. The molecule has 6 heteroatoms. The molecule has 2 N–H and O–H groups in total. The molecule has 0 aliphatic carbocycles. The Morgan fingerprint density at radius 3 is 2.38 bits per heavy atom. The van der Waals surface area contributed by atoms with Crippen LogP contribution in [0, 0.1) is 5.41 Å². The first-order valence-electron chi connectivity index (χ1n) is 6.66. The lowest BCUT2D eigenvalue weighted by Crippen LogP contribution is -3.00. The Kier molecular flexibility index (Phi) is 4.55. The van der Waals surface area contributed by atoms with Gasteiger partial charge in [0, 0.05) is 6.54 Å². The molecule has 0 saturated carbocycles. The Morgan fingerprint density at radius 1 is 1.14 bits per heavy atom. The number of hydrogen-bond acceptors (Lipinski definition) is 3. The fourth-order valence-electron chi connectivity index (χ4n) is 2.54. The maximum absolute atomic E-state index is 10.2. The summed E-state index contributed by atoms with van der Waals surface area (Å²) in [5.74, 6) is 0.519. The lowest BCUT2D eigenvalue weighted by Gasteiger charge is -2.09. The highest BCUT2D eigenvalue weighted by atomic mass is 35.5. The number of fused-ring (bicyclic) bond motifs is 1. The molecule has 2 aromatic heterocycles. The number of para-hydroxylation sites is 2. The first kappa shape index (κ1) is 15.4. The summed E-state index contributed by atoms with van der Waals surface area (Å²) >= 11 is 0. The van der Waals surface area contributed by atoms with Crippen molar-refractivity contribution in [3.05, 3.63) is 54.0 Å². The van der Waals surface area contributed by atoms with Gasteiger partial charge in [-0.25, -0.2) is 0 Å². The number of benzene rings is 1. The van der Waals surface area contributed by atoms with Gasteiger partial charge in [-0.05, 0) is 31.2 Å². The smallest absolute Gasteiger partial charge is 0.203 e. The zero-order valence-corrected chi connectivity index (χ0v) is 12.4. The molecule has 0 saturated heterocycles. The van der Waals surface area contributed by atoms with Crippen molar-refractivity contribution >= 4 is 11.0 Å². The molecule has 21 heavy (non-hydrogen) atoms. The molecule has 1 unspecified atom stereocenters. The number of imidazole rings is 1. The van der Waals surface area contributed by atoms with Crippen LogP contribution in [0.1, 0.15) is 18.8 Å². The highest BCUT2D eigenvalue weighted by molar-refractivity contribution is 5.75. The Labute approximate surface area is 128 Å². The number of halogens is 1. The Morgan fingerprint density at radius 2 is 1.81 bits per heavy atom. The van der Waals surface area contributed by atoms with Crippen molar-refractivity contribution in [2.45, 2.75) is 26.1 Å². The van der Waals surface area contributed by atoms with Gasteiger partial charge in [0.15, 0.2) is 0 Å². The van der Waals surface area contributed by atoms with Gasteiger partial charge in [0.25, 0.3) is 0 Å². The fourth-order valence-corrected chi connectivity index (χ4v) is 2.54.